The van der Waals surface area contributed by atoms with Gasteiger partial charge in [0.1, 0.15) is 0 Å². The molecule has 0 radical (unpaired) electrons. The van der Waals surface area contributed by atoms with Crippen LogP contribution in [0.1, 0.15) is 6.92 Å². The van der Waals surface area contributed by atoms with Crippen LogP contribution in [0.2, 0.25) is 0 Å². The van der Waals surface area contributed by atoms with Crippen molar-refractivity contribution in [3.8, 4) is 23.0 Å². The Morgan fingerprint density at radius 3 is 1.68 bits per heavy atom. The summed E-state index contributed by atoms with van der Waals surface area (Å²) in [6.07, 6.45) is 0. The second-order valence-electron chi connectivity index (χ2n) is 5.90. The van der Waals surface area contributed by atoms with Crippen LogP contribution in [-0.4, -0.2) is 27.3 Å². The van der Waals surface area contributed by atoms with Crippen molar-refractivity contribution in [2.75, 3.05) is 21.3 Å². The minimum Gasteiger partial charge on any atom is -0.493 e. The van der Waals surface area contributed by atoms with Gasteiger partial charge in [0, 0.05) is 23.8 Å². The van der Waals surface area contributed by atoms with Crippen molar-refractivity contribution >= 4 is 38.7 Å². The zero-order valence-electron chi connectivity index (χ0n) is 15.3. The molecule has 4 rings (SSSR count). The van der Waals surface area contributed by atoms with E-state index in [2.05, 4.69) is 0 Å². The van der Waals surface area contributed by atoms with E-state index < -0.39 is 17.2 Å². The van der Waals surface area contributed by atoms with E-state index in [0.717, 1.165) is 0 Å². The average Bonchev–Trinajstić information content (AvgIpc) is 2.66. The van der Waals surface area contributed by atoms with Crippen LogP contribution in [0.25, 0.3) is 32.7 Å². The lowest BCUT2D eigenvalue weighted by Crippen LogP contribution is -2.10. The molecule has 0 amide bonds. The maximum atomic E-state index is 12.7. The molecule has 2 aromatic heterocycles. The van der Waals surface area contributed by atoms with Crippen molar-refractivity contribution in [3.63, 3.8) is 0 Å². The SMILES string of the molecule is COc1cc2c(=O)oc3c(OC)c(OC(C)=O)cc4c(=O)oc(c1OC)c2c34. The van der Waals surface area contributed by atoms with Crippen molar-refractivity contribution in [1.29, 1.82) is 0 Å². The Balaban J connectivity index is 2.34. The van der Waals surface area contributed by atoms with Gasteiger partial charge in [-0.3, -0.25) is 4.79 Å². The van der Waals surface area contributed by atoms with Crippen LogP contribution in [0.4, 0.5) is 0 Å². The van der Waals surface area contributed by atoms with Crippen LogP contribution < -0.4 is 30.2 Å². The zero-order chi connectivity index (χ0) is 20.2. The van der Waals surface area contributed by atoms with Crippen LogP contribution in [0.5, 0.6) is 23.0 Å². The van der Waals surface area contributed by atoms with E-state index in [1.807, 2.05) is 0 Å². The molecule has 2 heterocycles. The van der Waals surface area contributed by atoms with E-state index in [9.17, 15) is 14.4 Å². The fraction of sp³-hybridized carbons (Fsp3) is 0.211. The monoisotopic (exact) mass is 386 g/mol. The van der Waals surface area contributed by atoms with Gasteiger partial charge < -0.3 is 27.8 Å². The molecular formula is C19H14O9. The van der Waals surface area contributed by atoms with Gasteiger partial charge in [0.05, 0.1) is 32.1 Å². The van der Waals surface area contributed by atoms with Gasteiger partial charge in [0.2, 0.25) is 11.5 Å². The summed E-state index contributed by atoms with van der Waals surface area (Å²) in [7, 11) is 4.10. The molecule has 9 heteroatoms. The van der Waals surface area contributed by atoms with Gasteiger partial charge in [-0.25, -0.2) is 9.59 Å². The molecule has 0 saturated heterocycles. The molecule has 4 aromatic rings. The molecule has 28 heavy (non-hydrogen) atoms. The summed E-state index contributed by atoms with van der Waals surface area (Å²) < 4.78 is 31.9. The van der Waals surface area contributed by atoms with Crippen molar-refractivity contribution in [1.82, 2.24) is 0 Å². The first-order chi connectivity index (χ1) is 13.4. The lowest BCUT2D eigenvalue weighted by Gasteiger charge is -2.16. The molecule has 0 aliphatic heterocycles. The fourth-order valence-corrected chi connectivity index (χ4v) is 3.31. The minimum absolute atomic E-state index is 0.00313. The van der Waals surface area contributed by atoms with E-state index >= 15 is 0 Å². The van der Waals surface area contributed by atoms with E-state index in [4.69, 9.17) is 27.8 Å². The second kappa shape index (κ2) is 6.15. The smallest absolute Gasteiger partial charge is 0.344 e. The summed E-state index contributed by atoms with van der Waals surface area (Å²) in [5, 5.41) is 0.789. The molecule has 0 aliphatic carbocycles. The Hall–Kier alpha value is -3.75. The lowest BCUT2D eigenvalue weighted by molar-refractivity contribution is -0.131. The van der Waals surface area contributed by atoms with Crippen LogP contribution in [-0.2, 0) is 4.79 Å². The van der Waals surface area contributed by atoms with Crippen LogP contribution in [0.3, 0.4) is 0 Å². The molecule has 0 bridgehead atoms. The van der Waals surface area contributed by atoms with Gasteiger partial charge in [-0.1, -0.05) is 0 Å². The molecule has 0 atom stereocenters. The predicted octanol–water partition coefficient (Wildman–Crippen LogP) is 2.44. The molecule has 0 fully saturated rings. The molecule has 0 saturated carbocycles. The topological polar surface area (TPSA) is 114 Å². The Morgan fingerprint density at radius 2 is 1.25 bits per heavy atom. The van der Waals surface area contributed by atoms with E-state index in [1.54, 1.807) is 0 Å². The number of benzene rings is 2. The first-order valence-corrected chi connectivity index (χ1v) is 8.08. The number of carbonyl (C=O) groups is 1. The molecule has 0 unspecified atom stereocenters. The molecule has 0 N–H and O–H groups in total. The normalized spacial score (nSPS) is 11.3. The molecule has 144 valence electrons. The summed E-state index contributed by atoms with van der Waals surface area (Å²) in [5.74, 6) is -0.339. The van der Waals surface area contributed by atoms with E-state index in [0.29, 0.717) is 5.39 Å². The second-order valence-corrected chi connectivity index (χ2v) is 5.90. The largest absolute Gasteiger partial charge is 0.493 e. The van der Waals surface area contributed by atoms with E-state index in [1.165, 1.54) is 40.4 Å². The quantitative estimate of drug-likeness (QED) is 0.226. The van der Waals surface area contributed by atoms with Gasteiger partial charge >= 0.3 is 17.2 Å². The lowest BCUT2D eigenvalue weighted by atomic mass is 10.0. The fourth-order valence-electron chi connectivity index (χ4n) is 3.31. The first kappa shape index (κ1) is 17.7. The summed E-state index contributed by atoms with van der Waals surface area (Å²) in [6, 6.07) is 2.75. The third-order valence-electron chi connectivity index (χ3n) is 4.36. The average molecular weight is 386 g/mol. The number of ether oxygens (including phenoxy) is 4. The minimum atomic E-state index is -0.741. The highest BCUT2D eigenvalue weighted by molar-refractivity contribution is 6.22. The Kier molecular flexibility index (Phi) is 3.88. The zero-order valence-corrected chi connectivity index (χ0v) is 15.3. The Morgan fingerprint density at radius 1 is 0.786 bits per heavy atom. The molecule has 9 nitrogen and oxygen atoms in total. The van der Waals surface area contributed by atoms with Crippen molar-refractivity contribution in [3.05, 3.63) is 33.0 Å². The van der Waals surface area contributed by atoms with Crippen molar-refractivity contribution < 1.29 is 32.6 Å². The number of rotatable bonds is 4. The molecule has 0 aliphatic rings. The number of methoxy groups -OCH3 is 3. The van der Waals surface area contributed by atoms with Crippen LogP contribution in [0, 0.1) is 0 Å². The summed E-state index contributed by atoms with van der Waals surface area (Å²) in [4.78, 5) is 36.8. The standard InChI is InChI=1S/C19H14O9/c1-7(20)26-11-6-9-13-12-8(18(21)28-17(13)15(11)25-4)5-10(23-2)14(24-3)16(12)27-19(9)22/h5-6H,1-4H3. The number of hydrogen-bond donors (Lipinski definition) is 0. The highest BCUT2D eigenvalue weighted by Gasteiger charge is 2.27. The maximum absolute atomic E-state index is 12.7. The third kappa shape index (κ3) is 2.29. The van der Waals surface area contributed by atoms with Crippen molar-refractivity contribution in [2.45, 2.75) is 6.92 Å². The van der Waals surface area contributed by atoms with Crippen LogP contribution in [0.15, 0.2) is 30.6 Å². The molecule has 0 spiro atoms. The Labute approximate surface area is 156 Å². The number of hydrogen-bond acceptors (Lipinski definition) is 9. The summed E-state index contributed by atoms with van der Waals surface area (Å²) in [5.41, 5.74) is -1.46. The maximum Gasteiger partial charge on any atom is 0.344 e. The molecule has 2 aromatic carbocycles. The third-order valence-corrected chi connectivity index (χ3v) is 4.36. The number of carbonyl (C=O) groups excluding carboxylic acids is 1. The summed E-state index contributed by atoms with van der Waals surface area (Å²) >= 11 is 0. The highest BCUT2D eigenvalue weighted by atomic mass is 16.6. The predicted molar refractivity (Wildman–Crippen MR) is 98.2 cm³/mol. The van der Waals surface area contributed by atoms with Crippen LogP contribution >= 0.6 is 0 Å². The highest BCUT2D eigenvalue weighted by Crippen LogP contribution is 2.45. The van der Waals surface area contributed by atoms with Gasteiger partial charge in [-0.05, 0) is 6.07 Å². The molecular weight excluding hydrogens is 372 g/mol. The van der Waals surface area contributed by atoms with E-state index in [-0.39, 0.29) is 50.3 Å². The first-order valence-electron chi connectivity index (χ1n) is 8.08. The van der Waals surface area contributed by atoms with Gasteiger partial charge in [0.15, 0.2) is 22.7 Å². The summed E-state index contributed by atoms with van der Waals surface area (Å²) in [6.45, 7) is 1.19. The van der Waals surface area contributed by atoms with Gasteiger partial charge in [0.25, 0.3) is 0 Å². The van der Waals surface area contributed by atoms with Gasteiger partial charge in [-0.2, -0.15) is 0 Å². The van der Waals surface area contributed by atoms with Gasteiger partial charge in [-0.15, -0.1) is 0 Å². The van der Waals surface area contributed by atoms with Crippen molar-refractivity contribution in [2.24, 2.45) is 0 Å². The Bertz CT molecular complexity index is 1360. The number of esters is 1.